The summed E-state index contributed by atoms with van der Waals surface area (Å²) in [6.45, 7) is 4.51. The summed E-state index contributed by atoms with van der Waals surface area (Å²) in [5, 5.41) is 6.08. The van der Waals surface area contributed by atoms with Crippen molar-refractivity contribution in [3.63, 3.8) is 0 Å². The van der Waals surface area contributed by atoms with Gasteiger partial charge in [0.2, 0.25) is 0 Å². The van der Waals surface area contributed by atoms with Crippen LogP contribution in [0.15, 0.2) is 36.4 Å². The van der Waals surface area contributed by atoms with E-state index in [1.807, 2.05) is 0 Å². The van der Waals surface area contributed by atoms with Gasteiger partial charge in [0.25, 0.3) is 0 Å². The molecule has 0 radical (unpaired) electrons. The summed E-state index contributed by atoms with van der Waals surface area (Å²) >= 11 is 0. The van der Waals surface area contributed by atoms with Crippen LogP contribution in [0.5, 0.6) is 5.75 Å². The molecule has 0 amide bonds. The lowest BCUT2D eigenvalue weighted by Gasteiger charge is -2.36. The Morgan fingerprint density at radius 3 is 2.52 bits per heavy atom. The summed E-state index contributed by atoms with van der Waals surface area (Å²) in [5.41, 5.74) is 1.48. The number of benzene rings is 2. The first kappa shape index (κ1) is 15.0. The molecular weight excluding hydrogens is 284 g/mol. The van der Waals surface area contributed by atoms with Crippen LogP contribution in [0, 0.1) is 5.92 Å². The molecule has 2 aliphatic rings. The summed E-state index contributed by atoms with van der Waals surface area (Å²) in [4.78, 5) is 2.68. The molecule has 3 heteroatoms. The number of methoxy groups -OCH3 is 1. The number of nitrogens with one attached hydrogen (secondary N) is 1. The van der Waals surface area contributed by atoms with Gasteiger partial charge in [-0.1, -0.05) is 43.2 Å². The molecular formula is C20H26N2O. The van der Waals surface area contributed by atoms with Crippen LogP contribution in [0.4, 0.5) is 0 Å². The summed E-state index contributed by atoms with van der Waals surface area (Å²) in [7, 11) is 1.76. The lowest BCUT2D eigenvalue weighted by molar-refractivity contribution is 0.161. The van der Waals surface area contributed by atoms with Crippen molar-refractivity contribution >= 4 is 10.8 Å². The first-order valence-corrected chi connectivity index (χ1v) is 8.87. The van der Waals surface area contributed by atoms with E-state index in [2.05, 4.69) is 46.6 Å². The minimum atomic E-state index is 0.542. The largest absolute Gasteiger partial charge is 0.496 e. The van der Waals surface area contributed by atoms with E-state index in [9.17, 15) is 0 Å². The number of ether oxygens (including phenoxy) is 1. The molecule has 1 saturated carbocycles. The topological polar surface area (TPSA) is 24.5 Å². The van der Waals surface area contributed by atoms with E-state index in [0.717, 1.165) is 37.8 Å². The number of nitrogens with zero attached hydrogens (tertiary/aromatic N) is 1. The molecule has 0 aromatic heterocycles. The van der Waals surface area contributed by atoms with Gasteiger partial charge in [-0.15, -0.1) is 0 Å². The molecule has 23 heavy (non-hydrogen) atoms. The summed E-state index contributed by atoms with van der Waals surface area (Å²) in [6, 6.07) is 13.7. The fourth-order valence-electron chi connectivity index (χ4n) is 3.90. The second-order valence-corrected chi connectivity index (χ2v) is 6.88. The fourth-order valence-corrected chi connectivity index (χ4v) is 3.90. The van der Waals surface area contributed by atoms with E-state index in [4.69, 9.17) is 4.74 Å². The minimum Gasteiger partial charge on any atom is -0.496 e. The lowest BCUT2D eigenvalue weighted by atomic mass is 9.93. The van der Waals surface area contributed by atoms with Gasteiger partial charge in [-0.2, -0.15) is 0 Å². The third kappa shape index (κ3) is 3.08. The van der Waals surface area contributed by atoms with Crippen LogP contribution in [-0.2, 0) is 0 Å². The van der Waals surface area contributed by atoms with Crippen LogP contribution in [0.2, 0.25) is 0 Å². The Bertz CT molecular complexity index is 674. The average Bonchev–Trinajstić information content (AvgIpc) is 3.44. The average molecular weight is 310 g/mol. The van der Waals surface area contributed by atoms with Crippen LogP contribution in [0.3, 0.4) is 0 Å². The van der Waals surface area contributed by atoms with E-state index in [1.165, 1.54) is 35.6 Å². The summed E-state index contributed by atoms with van der Waals surface area (Å²) < 4.78 is 5.58. The molecule has 1 aliphatic heterocycles. The second kappa shape index (κ2) is 6.50. The van der Waals surface area contributed by atoms with Crippen molar-refractivity contribution in [3.05, 3.63) is 42.0 Å². The smallest absolute Gasteiger partial charge is 0.126 e. The fraction of sp³-hybridized carbons (Fsp3) is 0.500. The van der Waals surface area contributed by atoms with Gasteiger partial charge >= 0.3 is 0 Å². The molecule has 4 rings (SSSR count). The number of piperazine rings is 1. The van der Waals surface area contributed by atoms with E-state index >= 15 is 0 Å². The Hall–Kier alpha value is -1.58. The van der Waals surface area contributed by atoms with Gasteiger partial charge in [-0.25, -0.2) is 0 Å². The molecule has 0 spiro atoms. The van der Waals surface area contributed by atoms with Crippen LogP contribution in [0.1, 0.15) is 30.9 Å². The quantitative estimate of drug-likeness (QED) is 0.913. The van der Waals surface area contributed by atoms with Gasteiger partial charge in [0.1, 0.15) is 5.75 Å². The van der Waals surface area contributed by atoms with Gasteiger partial charge in [0.05, 0.1) is 7.11 Å². The van der Waals surface area contributed by atoms with E-state index in [-0.39, 0.29) is 0 Å². The second-order valence-electron chi connectivity index (χ2n) is 6.88. The van der Waals surface area contributed by atoms with Crippen molar-refractivity contribution in [2.45, 2.75) is 25.3 Å². The predicted octanol–water partition coefficient (Wildman–Crippen LogP) is 3.59. The van der Waals surface area contributed by atoms with Crippen molar-refractivity contribution in [2.24, 2.45) is 5.92 Å². The van der Waals surface area contributed by atoms with Crippen LogP contribution < -0.4 is 10.1 Å². The highest BCUT2D eigenvalue weighted by Crippen LogP contribution is 2.42. The normalized spacial score (nSPS) is 20.6. The number of hydrogen-bond acceptors (Lipinski definition) is 3. The van der Waals surface area contributed by atoms with Crippen molar-refractivity contribution in [2.75, 3.05) is 33.3 Å². The van der Waals surface area contributed by atoms with E-state index < -0.39 is 0 Å². The van der Waals surface area contributed by atoms with Gasteiger partial charge in [-0.05, 0) is 29.4 Å². The molecule has 2 aromatic carbocycles. The van der Waals surface area contributed by atoms with Gasteiger partial charge in [0.15, 0.2) is 0 Å². The third-order valence-electron chi connectivity index (χ3n) is 5.34. The molecule has 2 aromatic rings. The zero-order chi connectivity index (χ0) is 15.6. The molecule has 3 nitrogen and oxygen atoms in total. The molecule has 1 aliphatic carbocycles. The maximum atomic E-state index is 5.58. The zero-order valence-electron chi connectivity index (χ0n) is 13.9. The SMILES string of the molecule is COc1ccc([C@H](CC2CC2)N2CCNCC2)c2ccccc12. The standard InChI is InChI=1S/C20H26N2O/c1-23-20-9-8-17(16-4-2-3-5-18(16)20)19(14-15-6-7-15)22-12-10-21-11-13-22/h2-5,8-9,15,19,21H,6-7,10-14H2,1H3/t19-/m0/s1. The molecule has 1 N–H and O–H groups in total. The molecule has 122 valence electrons. The molecule has 1 heterocycles. The molecule has 1 atom stereocenters. The Kier molecular flexibility index (Phi) is 4.23. The highest BCUT2D eigenvalue weighted by atomic mass is 16.5. The predicted molar refractivity (Wildman–Crippen MR) is 95.0 cm³/mol. The molecule has 0 bridgehead atoms. The molecule has 1 saturated heterocycles. The lowest BCUT2D eigenvalue weighted by Crippen LogP contribution is -2.45. The van der Waals surface area contributed by atoms with Crippen molar-refractivity contribution in [1.29, 1.82) is 0 Å². The maximum Gasteiger partial charge on any atom is 0.126 e. The minimum absolute atomic E-state index is 0.542. The monoisotopic (exact) mass is 310 g/mol. The first-order chi connectivity index (χ1) is 11.4. The van der Waals surface area contributed by atoms with E-state index in [0.29, 0.717) is 6.04 Å². The highest BCUT2D eigenvalue weighted by Gasteiger charge is 2.31. The van der Waals surface area contributed by atoms with Crippen LogP contribution in [0.25, 0.3) is 10.8 Å². The number of fused-ring (bicyclic) bond motifs is 1. The van der Waals surface area contributed by atoms with E-state index in [1.54, 1.807) is 7.11 Å². The van der Waals surface area contributed by atoms with Crippen molar-refractivity contribution in [1.82, 2.24) is 10.2 Å². The zero-order valence-corrected chi connectivity index (χ0v) is 13.9. The van der Waals surface area contributed by atoms with Crippen molar-refractivity contribution in [3.8, 4) is 5.75 Å². The number of hydrogen-bond donors (Lipinski definition) is 1. The van der Waals surface area contributed by atoms with Crippen LogP contribution >= 0.6 is 0 Å². The Balaban J connectivity index is 1.76. The summed E-state index contributed by atoms with van der Waals surface area (Å²) in [6.07, 6.45) is 4.13. The Labute approximate surface area is 138 Å². The molecule has 0 unspecified atom stereocenters. The van der Waals surface area contributed by atoms with Crippen LogP contribution in [-0.4, -0.2) is 38.2 Å². The summed E-state index contributed by atoms with van der Waals surface area (Å²) in [5.74, 6) is 1.91. The van der Waals surface area contributed by atoms with Gasteiger partial charge < -0.3 is 10.1 Å². The Morgan fingerprint density at radius 2 is 1.83 bits per heavy atom. The Morgan fingerprint density at radius 1 is 1.09 bits per heavy atom. The third-order valence-corrected chi connectivity index (χ3v) is 5.34. The van der Waals surface area contributed by atoms with Crippen molar-refractivity contribution < 1.29 is 4.74 Å². The highest BCUT2D eigenvalue weighted by molar-refractivity contribution is 5.91. The van der Waals surface area contributed by atoms with Gasteiger partial charge in [-0.3, -0.25) is 4.90 Å². The number of rotatable bonds is 5. The maximum absolute atomic E-state index is 5.58. The van der Waals surface area contributed by atoms with Gasteiger partial charge in [0, 0.05) is 37.6 Å². The first-order valence-electron chi connectivity index (χ1n) is 8.87. The molecule has 2 fully saturated rings.